The highest BCUT2D eigenvalue weighted by molar-refractivity contribution is 5.75. The number of hydrogen-bond donors (Lipinski definition) is 2. The number of carboxylic acid groups (broad SMARTS) is 1. The van der Waals surface area contributed by atoms with Crippen LogP contribution in [0.25, 0.3) is 0 Å². The molecule has 1 fully saturated rings. The lowest BCUT2D eigenvalue weighted by Gasteiger charge is -2.28. The van der Waals surface area contributed by atoms with Gasteiger partial charge in [-0.15, -0.1) is 0 Å². The number of nitrogens with one attached hydrogen (secondary N) is 1. The molecule has 1 saturated heterocycles. The number of carbonyl (C=O) groups is 2. The summed E-state index contributed by atoms with van der Waals surface area (Å²) in [6.07, 6.45) is 1.70. The van der Waals surface area contributed by atoms with E-state index in [-0.39, 0.29) is 12.5 Å². The molecule has 1 unspecified atom stereocenters. The number of rotatable bonds is 6. The summed E-state index contributed by atoms with van der Waals surface area (Å²) in [5.41, 5.74) is -0.398. The van der Waals surface area contributed by atoms with Crippen LogP contribution in [0.15, 0.2) is 0 Å². The van der Waals surface area contributed by atoms with Gasteiger partial charge in [0.15, 0.2) is 0 Å². The summed E-state index contributed by atoms with van der Waals surface area (Å²) in [5, 5.41) is 11.6. The van der Waals surface area contributed by atoms with E-state index in [0.717, 1.165) is 6.42 Å². The van der Waals surface area contributed by atoms with E-state index in [2.05, 4.69) is 5.32 Å². The fourth-order valence-corrected chi connectivity index (χ4v) is 2.35. The molecule has 1 heterocycles. The van der Waals surface area contributed by atoms with Crippen LogP contribution in [-0.4, -0.2) is 54.4 Å². The molecule has 19 heavy (non-hydrogen) atoms. The van der Waals surface area contributed by atoms with Crippen LogP contribution in [0.1, 0.15) is 33.1 Å². The Bertz CT molecular complexity index is 331. The average molecular weight is 272 g/mol. The number of urea groups is 1. The van der Waals surface area contributed by atoms with Gasteiger partial charge >= 0.3 is 12.0 Å². The molecule has 0 bridgehead atoms. The number of hydrogen-bond acceptors (Lipinski definition) is 3. The van der Waals surface area contributed by atoms with Gasteiger partial charge in [-0.25, -0.2) is 4.79 Å². The molecule has 0 aliphatic carbocycles. The maximum absolute atomic E-state index is 12.1. The average Bonchev–Trinajstić information content (AvgIpc) is 2.74. The number of aliphatic carboxylic acids is 1. The van der Waals surface area contributed by atoms with Crippen LogP contribution in [0.5, 0.6) is 0 Å². The van der Waals surface area contributed by atoms with Gasteiger partial charge in [-0.2, -0.15) is 0 Å². The number of ether oxygens (including phenoxy) is 1. The van der Waals surface area contributed by atoms with Crippen molar-refractivity contribution in [3.63, 3.8) is 0 Å². The van der Waals surface area contributed by atoms with E-state index in [1.54, 1.807) is 12.0 Å². The molecule has 1 aliphatic rings. The lowest BCUT2D eigenvalue weighted by Crippen LogP contribution is -2.51. The minimum Gasteiger partial charge on any atom is -0.481 e. The van der Waals surface area contributed by atoms with Crippen LogP contribution in [0.4, 0.5) is 4.79 Å². The van der Waals surface area contributed by atoms with Crippen molar-refractivity contribution in [2.75, 3.05) is 26.8 Å². The molecule has 0 radical (unpaired) electrons. The smallest absolute Gasteiger partial charge is 0.317 e. The second kappa shape index (κ2) is 6.75. The van der Waals surface area contributed by atoms with Crippen LogP contribution in [-0.2, 0) is 9.53 Å². The van der Waals surface area contributed by atoms with Gasteiger partial charge in [0.1, 0.15) is 0 Å². The molecule has 0 aromatic carbocycles. The van der Waals surface area contributed by atoms with Gasteiger partial charge in [-0.05, 0) is 32.6 Å². The Balaban J connectivity index is 2.37. The molecule has 1 aliphatic heterocycles. The lowest BCUT2D eigenvalue weighted by molar-refractivity contribution is -0.137. The zero-order valence-corrected chi connectivity index (χ0v) is 11.9. The van der Waals surface area contributed by atoms with E-state index < -0.39 is 11.5 Å². The molecular weight excluding hydrogens is 248 g/mol. The first-order chi connectivity index (χ1) is 8.84. The van der Waals surface area contributed by atoms with Crippen LogP contribution >= 0.6 is 0 Å². The van der Waals surface area contributed by atoms with Crippen molar-refractivity contribution in [2.45, 2.75) is 38.6 Å². The normalized spacial score (nSPS) is 19.5. The Morgan fingerprint density at radius 2 is 2.16 bits per heavy atom. The zero-order valence-electron chi connectivity index (χ0n) is 11.9. The van der Waals surface area contributed by atoms with E-state index in [4.69, 9.17) is 9.84 Å². The highest BCUT2D eigenvalue weighted by Gasteiger charge is 2.29. The highest BCUT2D eigenvalue weighted by atomic mass is 16.5. The summed E-state index contributed by atoms with van der Waals surface area (Å²) in [4.78, 5) is 24.3. The SMILES string of the molecule is COCC(C)(C)NC(=O)N1CCC(CCC(=O)O)C1. The quantitative estimate of drug-likeness (QED) is 0.764. The first-order valence-corrected chi connectivity index (χ1v) is 6.62. The number of carbonyl (C=O) groups excluding carboxylic acids is 1. The standard InChI is InChI=1S/C13H24N2O4/c1-13(2,9-19-3)14-12(18)15-7-6-10(8-15)4-5-11(16)17/h10H,4-9H2,1-3H3,(H,14,18)(H,16,17). The molecule has 6 heteroatoms. The highest BCUT2D eigenvalue weighted by Crippen LogP contribution is 2.21. The zero-order chi connectivity index (χ0) is 14.5. The van der Waals surface area contributed by atoms with Crippen molar-refractivity contribution < 1.29 is 19.4 Å². The molecule has 2 amide bonds. The van der Waals surface area contributed by atoms with Crippen molar-refractivity contribution >= 4 is 12.0 Å². The van der Waals surface area contributed by atoms with E-state index in [9.17, 15) is 9.59 Å². The van der Waals surface area contributed by atoms with Crippen LogP contribution < -0.4 is 5.32 Å². The van der Waals surface area contributed by atoms with E-state index >= 15 is 0 Å². The van der Waals surface area contributed by atoms with E-state index in [1.807, 2.05) is 13.8 Å². The maximum Gasteiger partial charge on any atom is 0.317 e. The number of amides is 2. The summed E-state index contributed by atoms with van der Waals surface area (Å²) in [6.45, 7) is 5.61. The third-order valence-electron chi connectivity index (χ3n) is 3.29. The minimum absolute atomic E-state index is 0.0973. The Hall–Kier alpha value is -1.30. The summed E-state index contributed by atoms with van der Waals surface area (Å²) in [7, 11) is 1.60. The maximum atomic E-state index is 12.1. The van der Waals surface area contributed by atoms with Crippen molar-refractivity contribution in [1.29, 1.82) is 0 Å². The molecule has 6 nitrogen and oxygen atoms in total. The second-order valence-corrected chi connectivity index (χ2v) is 5.78. The predicted octanol–water partition coefficient (Wildman–Crippen LogP) is 1.31. The number of likely N-dealkylation sites (tertiary alicyclic amines) is 1. The van der Waals surface area contributed by atoms with Crippen LogP contribution in [0.2, 0.25) is 0 Å². The molecular formula is C13H24N2O4. The fourth-order valence-electron chi connectivity index (χ4n) is 2.35. The summed E-state index contributed by atoms with van der Waals surface area (Å²) in [6, 6.07) is -0.0973. The van der Waals surface area contributed by atoms with Crippen molar-refractivity contribution in [3.05, 3.63) is 0 Å². The molecule has 110 valence electrons. The Kier molecular flexibility index (Phi) is 5.60. The molecule has 0 spiro atoms. The van der Waals surface area contributed by atoms with E-state index in [1.165, 1.54) is 0 Å². The third kappa shape index (κ3) is 5.46. The summed E-state index contributed by atoms with van der Waals surface area (Å²) >= 11 is 0. The topological polar surface area (TPSA) is 78.9 Å². The van der Waals surface area contributed by atoms with Crippen LogP contribution in [0, 0.1) is 5.92 Å². The summed E-state index contributed by atoms with van der Waals surface area (Å²) in [5.74, 6) is -0.475. The van der Waals surface area contributed by atoms with Gasteiger partial charge in [-0.1, -0.05) is 0 Å². The molecule has 0 saturated carbocycles. The first-order valence-electron chi connectivity index (χ1n) is 6.62. The Morgan fingerprint density at radius 3 is 2.74 bits per heavy atom. The van der Waals surface area contributed by atoms with Gasteiger partial charge in [0, 0.05) is 26.6 Å². The van der Waals surface area contributed by atoms with Gasteiger partial charge in [0.2, 0.25) is 0 Å². The van der Waals surface area contributed by atoms with Gasteiger partial charge in [-0.3, -0.25) is 4.79 Å². The summed E-state index contributed by atoms with van der Waals surface area (Å²) < 4.78 is 5.06. The minimum atomic E-state index is -0.774. The molecule has 1 atom stereocenters. The van der Waals surface area contributed by atoms with Gasteiger partial charge in [0.25, 0.3) is 0 Å². The van der Waals surface area contributed by atoms with Crippen molar-refractivity contribution in [1.82, 2.24) is 10.2 Å². The molecule has 1 rings (SSSR count). The Labute approximate surface area is 114 Å². The van der Waals surface area contributed by atoms with Crippen molar-refractivity contribution in [2.24, 2.45) is 5.92 Å². The number of carboxylic acids is 1. The lowest BCUT2D eigenvalue weighted by atomic mass is 10.0. The van der Waals surface area contributed by atoms with Gasteiger partial charge in [0.05, 0.1) is 12.1 Å². The third-order valence-corrected chi connectivity index (χ3v) is 3.29. The fraction of sp³-hybridized carbons (Fsp3) is 0.846. The second-order valence-electron chi connectivity index (χ2n) is 5.78. The molecule has 2 N–H and O–H groups in total. The predicted molar refractivity (Wildman–Crippen MR) is 71.0 cm³/mol. The van der Waals surface area contributed by atoms with Gasteiger partial charge < -0.3 is 20.1 Å². The first kappa shape index (κ1) is 15.8. The van der Waals surface area contributed by atoms with Crippen molar-refractivity contribution in [3.8, 4) is 0 Å². The Morgan fingerprint density at radius 1 is 1.47 bits per heavy atom. The van der Waals surface area contributed by atoms with E-state index in [0.29, 0.717) is 32.0 Å². The van der Waals surface area contributed by atoms with Crippen LogP contribution in [0.3, 0.4) is 0 Å². The molecule has 0 aromatic rings. The largest absolute Gasteiger partial charge is 0.481 e. The monoisotopic (exact) mass is 272 g/mol. The number of methoxy groups -OCH3 is 1. The molecule has 0 aromatic heterocycles. The number of nitrogens with zero attached hydrogens (tertiary/aromatic N) is 1.